The topological polar surface area (TPSA) is 99.4 Å². The van der Waals surface area contributed by atoms with E-state index in [0.717, 1.165) is 23.0 Å². The van der Waals surface area contributed by atoms with Gasteiger partial charge in [-0.05, 0) is 60.7 Å². The number of para-hydroxylation sites is 1. The Kier molecular flexibility index (Phi) is 5.33. The number of carboxylic acids is 1. The largest absolute Gasteiger partial charge is 0.508 e. The number of phenols is 1. The molecule has 0 aliphatic carbocycles. The average Bonchev–Trinajstić information content (AvgIpc) is 3.03. The van der Waals surface area contributed by atoms with Crippen LogP contribution in [0.5, 0.6) is 11.5 Å². The monoisotopic (exact) mass is 422 g/mol. The zero-order chi connectivity index (χ0) is 21.3. The molecule has 0 saturated carbocycles. The number of carbonyl (C=O) groups excluding carboxylic acids is 1. The lowest BCUT2D eigenvalue weighted by atomic mass is 10.1. The van der Waals surface area contributed by atoms with E-state index < -0.39 is 5.97 Å². The smallest absolute Gasteiger partial charge is 0.338 e. The molecule has 30 heavy (non-hydrogen) atoms. The number of aromatic hydroxyl groups is 1. The number of carbonyl (C=O) groups is 2. The SMILES string of the molecule is CCN1C(=O)/C(=C/C2=Cc3ccccc3OC2)SC1=Nc1ccc(O)cc1C(=O)O. The Hall–Kier alpha value is -3.52. The quantitative estimate of drug-likeness (QED) is 0.722. The Morgan fingerprint density at radius 3 is 2.87 bits per heavy atom. The minimum absolute atomic E-state index is 0.135. The molecule has 2 aliphatic rings. The van der Waals surface area contributed by atoms with E-state index in [-0.39, 0.29) is 22.9 Å². The number of rotatable bonds is 4. The molecule has 0 atom stereocenters. The molecule has 4 rings (SSSR count). The molecule has 0 spiro atoms. The van der Waals surface area contributed by atoms with E-state index in [1.807, 2.05) is 37.3 Å². The van der Waals surface area contributed by atoms with Crippen LogP contribution in [0.25, 0.3) is 6.08 Å². The fourth-order valence-electron chi connectivity index (χ4n) is 3.15. The van der Waals surface area contributed by atoms with Gasteiger partial charge in [0.15, 0.2) is 5.17 Å². The van der Waals surface area contributed by atoms with Crippen LogP contribution >= 0.6 is 11.8 Å². The number of hydrogen-bond donors (Lipinski definition) is 2. The number of amides is 1. The van der Waals surface area contributed by atoms with Gasteiger partial charge in [0.25, 0.3) is 5.91 Å². The third-order valence-corrected chi connectivity index (χ3v) is 5.61. The highest BCUT2D eigenvalue weighted by atomic mass is 32.2. The number of ether oxygens (including phenoxy) is 1. The van der Waals surface area contributed by atoms with Gasteiger partial charge < -0.3 is 14.9 Å². The van der Waals surface area contributed by atoms with Gasteiger partial charge in [-0.3, -0.25) is 9.69 Å². The predicted molar refractivity (Wildman–Crippen MR) is 115 cm³/mol. The van der Waals surface area contributed by atoms with Gasteiger partial charge in [0.1, 0.15) is 18.1 Å². The lowest BCUT2D eigenvalue weighted by molar-refractivity contribution is -0.122. The van der Waals surface area contributed by atoms with Crippen molar-refractivity contribution in [2.75, 3.05) is 13.2 Å². The van der Waals surface area contributed by atoms with Crippen molar-refractivity contribution in [1.29, 1.82) is 0 Å². The van der Waals surface area contributed by atoms with E-state index in [2.05, 4.69) is 4.99 Å². The van der Waals surface area contributed by atoms with Crippen molar-refractivity contribution in [2.45, 2.75) is 6.92 Å². The maximum Gasteiger partial charge on any atom is 0.338 e. The van der Waals surface area contributed by atoms with E-state index in [4.69, 9.17) is 4.74 Å². The number of thioether (sulfide) groups is 1. The Morgan fingerprint density at radius 1 is 1.30 bits per heavy atom. The second-order valence-electron chi connectivity index (χ2n) is 6.61. The van der Waals surface area contributed by atoms with E-state index >= 15 is 0 Å². The van der Waals surface area contributed by atoms with Crippen LogP contribution in [0.15, 0.2) is 64.0 Å². The number of benzene rings is 2. The zero-order valence-corrected chi connectivity index (χ0v) is 16.8. The van der Waals surface area contributed by atoms with Gasteiger partial charge >= 0.3 is 5.97 Å². The van der Waals surface area contributed by atoms with Gasteiger partial charge in [0.2, 0.25) is 0 Å². The van der Waals surface area contributed by atoms with Crippen LogP contribution in [0, 0.1) is 0 Å². The van der Waals surface area contributed by atoms with Crippen LogP contribution in [0.2, 0.25) is 0 Å². The number of phenolic OH excluding ortho intramolecular Hbond substituents is 1. The first-order valence-electron chi connectivity index (χ1n) is 9.25. The molecule has 2 heterocycles. The minimum atomic E-state index is -1.21. The molecule has 0 aromatic heterocycles. The molecule has 1 amide bonds. The first-order chi connectivity index (χ1) is 14.5. The molecule has 2 N–H and O–H groups in total. The van der Waals surface area contributed by atoms with Gasteiger partial charge in [-0.15, -0.1) is 0 Å². The van der Waals surface area contributed by atoms with Gasteiger partial charge in [-0.25, -0.2) is 9.79 Å². The Bertz CT molecular complexity index is 1140. The van der Waals surface area contributed by atoms with Crippen molar-refractivity contribution in [3.05, 3.63) is 70.1 Å². The molecule has 2 aromatic rings. The number of likely N-dealkylation sites (N-methyl/N-ethyl adjacent to an activating group) is 1. The van der Waals surface area contributed by atoms with Crippen LogP contribution in [0.1, 0.15) is 22.8 Å². The lowest BCUT2D eigenvalue weighted by Crippen LogP contribution is -2.28. The summed E-state index contributed by atoms with van der Waals surface area (Å²) in [6, 6.07) is 11.6. The summed E-state index contributed by atoms with van der Waals surface area (Å²) < 4.78 is 5.74. The predicted octanol–water partition coefficient (Wildman–Crippen LogP) is 4.03. The maximum absolute atomic E-state index is 12.9. The summed E-state index contributed by atoms with van der Waals surface area (Å²) in [5.41, 5.74) is 1.84. The molecular weight excluding hydrogens is 404 g/mol. The fourth-order valence-corrected chi connectivity index (χ4v) is 4.22. The van der Waals surface area contributed by atoms with Crippen LogP contribution in [0.3, 0.4) is 0 Å². The number of carboxylic acid groups (broad SMARTS) is 1. The molecule has 0 radical (unpaired) electrons. The van der Waals surface area contributed by atoms with Crippen molar-refractivity contribution in [3.63, 3.8) is 0 Å². The molecule has 1 fully saturated rings. The maximum atomic E-state index is 12.9. The number of aromatic carboxylic acids is 1. The van der Waals surface area contributed by atoms with Crippen molar-refractivity contribution in [2.24, 2.45) is 4.99 Å². The summed E-state index contributed by atoms with van der Waals surface area (Å²) >= 11 is 1.18. The molecule has 1 saturated heterocycles. The summed E-state index contributed by atoms with van der Waals surface area (Å²) in [7, 11) is 0. The van der Waals surface area contributed by atoms with E-state index in [9.17, 15) is 19.8 Å². The molecular formula is C22H18N2O5S. The zero-order valence-electron chi connectivity index (χ0n) is 16.0. The third-order valence-electron chi connectivity index (χ3n) is 4.60. The van der Waals surface area contributed by atoms with Crippen molar-refractivity contribution in [1.82, 2.24) is 4.90 Å². The first-order valence-corrected chi connectivity index (χ1v) is 10.1. The van der Waals surface area contributed by atoms with Crippen LogP contribution in [-0.2, 0) is 4.79 Å². The summed E-state index contributed by atoms with van der Waals surface area (Å²) in [5, 5.41) is 19.3. The highest BCUT2D eigenvalue weighted by molar-refractivity contribution is 8.18. The van der Waals surface area contributed by atoms with Crippen molar-refractivity contribution >= 4 is 40.6 Å². The number of amidine groups is 1. The highest BCUT2D eigenvalue weighted by Crippen LogP contribution is 2.36. The minimum Gasteiger partial charge on any atom is -0.508 e. The molecule has 152 valence electrons. The van der Waals surface area contributed by atoms with Crippen LogP contribution in [-0.4, -0.2) is 45.3 Å². The molecule has 8 heteroatoms. The number of hydrogen-bond acceptors (Lipinski definition) is 6. The second kappa shape index (κ2) is 8.08. The number of aliphatic imine (C=N–C) groups is 1. The van der Waals surface area contributed by atoms with Gasteiger partial charge in [0.05, 0.1) is 16.2 Å². The van der Waals surface area contributed by atoms with Crippen LogP contribution in [0.4, 0.5) is 5.69 Å². The van der Waals surface area contributed by atoms with Crippen LogP contribution < -0.4 is 4.74 Å². The highest BCUT2D eigenvalue weighted by Gasteiger charge is 2.33. The Labute approximate surface area is 177 Å². The Morgan fingerprint density at radius 2 is 2.10 bits per heavy atom. The van der Waals surface area contributed by atoms with E-state index in [1.165, 1.54) is 28.8 Å². The summed E-state index contributed by atoms with van der Waals surface area (Å²) in [4.78, 5) is 30.7. The lowest BCUT2D eigenvalue weighted by Gasteiger charge is -2.16. The van der Waals surface area contributed by atoms with Gasteiger partial charge in [-0.1, -0.05) is 18.2 Å². The second-order valence-corrected chi connectivity index (χ2v) is 7.62. The van der Waals surface area contributed by atoms with Gasteiger partial charge in [0, 0.05) is 12.1 Å². The number of nitrogens with zero attached hydrogens (tertiary/aromatic N) is 2. The molecule has 2 aliphatic heterocycles. The first kappa shape index (κ1) is 19.8. The van der Waals surface area contributed by atoms with Crippen molar-refractivity contribution in [3.8, 4) is 11.5 Å². The standard InChI is InChI=1S/C22H18N2O5S/c1-2-24-20(26)19(10-13-9-14-5-3-4-6-18(14)29-12-13)30-22(24)23-17-8-7-15(25)11-16(17)21(27)28/h3-11,25H,2,12H2,1H3,(H,27,28)/b19-10-,23-22?. The summed E-state index contributed by atoms with van der Waals surface area (Å²) in [5.74, 6) is -0.766. The van der Waals surface area contributed by atoms with E-state index in [0.29, 0.717) is 23.2 Å². The molecule has 7 nitrogen and oxygen atoms in total. The molecule has 2 aromatic carbocycles. The fraction of sp³-hybridized carbons (Fsp3) is 0.136. The Balaban J connectivity index is 1.68. The third kappa shape index (κ3) is 3.81. The van der Waals surface area contributed by atoms with Crippen molar-refractivity contribution < 1.29 is 24.5 Å². The van der Waals surface area contributed by atoms with E-state index in [1.54, 1.807) is 6.08 Å². The van der Waals surface area contributed by atoms with Gasteiger partial charge in [-0.2, -0.15) is 0 Å². The average molecular weight is 422 g/mol. The summed E-state index contributed by atoms with van der Waals surface area (Å²) in [6.07, 6.45) is 3.76. The summed E-state index contributed by atoms with van der Waals surface area (Å²) in [6.45, 7) is 2.57. The number of fused-ring (bicyclic) bond motifs is 1. The molecule has 0 bridgehead atoms. The molecule has 0 unspecified atom stereocenters. The normalized spacial score (nSPS) is 18.4.